The Morgan fingerprint density at radius 1 is 0.600 bits per heavy atom. The van der Waals surface area contributed by atoms with Crippen molar-refractivity contribution in [3.8, 4) is 11.5 Å². The van der Waals surface area contributed by atoms with Gasteiger partial charge in [0.15, 0.2) is 5.82 Å². The number of amidine groups is 1. The zero-order valence-corrected chi connectivity index (χ0v) is 27.1. The summed E-state index contributed by atoms with van der Waals surface area (Å²) in [4.78, 5) is 18.7. The maximum Gasteiger partial charge on any atom is 0.178 e. The van der Waals surface area contributed by atoms with Gasteiger partial charge in [0.1, 0.15) is 23.9 Å². The van der Waals surface area contributed by atoms with Gasteiger partial charge >= 0.3 is 0 Å². The van der Waals surface area contributed by atoms with Crippen LogP contribution in [-0.2, 0) is 0 Å². The minimum atomic E-state index is -0.163. The van der Waals surface area contributed by atoms with Gasteiger partial charge in [0.05, 0.1) is 11.6 Å². The summed E-state index contributed by atoms with van der Waals surface area (Å²) in [6, 6.07) is 41.8. The zero-order valence-electron chi connectivity index (χ0n) is 27.1. The summed E-state index contributed by atoms with van der Waals surface area (Å²) < 4.78 is 0. The van der Waals surface area contributed by atoms with E-state index in [1.165, 1.54) is 16.7 Å². The first-order valence-corrected chi connectivity index (χ1v) is 16.8. The van der Waals surface area contributed by atoms with E-state index in [-0.39, 0.29) is 18.4 Å². The monoisotopic (exact) mass is 647 g/mol. The predicted molar refractivity (Wildman–Crippen MR) is 200 cm³/mol. The van der Waals surface area contributed by atoms with Crippen LogP contribution < -0.4 is 16.0 Å². The summed E-state index contributed by atoms with van der Waals surface area (Å²) in [5.74, 6) is 1.50. The second kappa shape index (κ2) is 12.9. The summed E-state index contributed by atoms with van der Waals surface area (Å²) >= 11 is 0. The number of pyridine rings is 1. The molecule has 3 unspecified atom stereocenters. The average molecular weight is 648 g/mol. The first-order chi connectivity index (χ1) is 24.7. The lowest BCUT2D eigenvalue weighted by Gasteiger charge is -2.32. The van der Waals surface area contributed by atoms with Crippen LogP contribution in [0.3, 0.4) is 0 Å². The molecule has 0 spiro atoms. The van der Waals surface area contributed by atoms with E-state index < -0.39 is 0 Å². The van der Waals surface area contributed by atoms with Crippen molar-refractivity contribution in [1.29, 1.82) is 0 Å². The molecule has 6 aromatic rings. The number of aromatic nitrogens is 3. The SMILES string of the molecule is C1=CC2=CC=C(c3ccc4ccc(-c5ncccn5)nc4c3)NC2C=C1c1ccc(C2NC(c3ccccc3)=NC(c3ccccc3)N2)cc1. The van der Waals surface area contributed by atoms with Crippen LogP contribution in [0, 0.1) is 0 Å². The van der Waals surface area contributed by atoms with Gasteiger partial charge in [-0.2, -0.15) is 0 Å². The van der Waals surface area contributed by atoms with Crippen molar-refractivity contribution in [2.75, 3.05) is 0 Å². The van der Waals surface area contributed by atoms with E-state index in [9.17, 15) is 0 Å². The highest BCUT2D eigenvalue weighted by Crippen LogP contribution is 2.31. The number of aliphatic imine (C=N–C) groups is 1. The standard InChI is InChI=1S/C43H33N7/c1-3-8-31(9-4-1)40-48-41(32-10-5-2-6-11-32)50-42(49-40)33-16-12-28(13-17-33)34-18-14-29-20-22-36(46-38(29)26-34)35-19-15-30-21-23-37(47-39(30)27-35)43-44-24-7-25-45-43/h1-27,38,40,42,46,49H,(H,48,50). The normalized spacial score (nSPS) is 19.6. The Hall–Kier alpha value is -6.44. The third-order valence-corrected chi connectivity index (χ3v) is 9.32. The van der Waals surface area contributed by atoms with Gasteiger partial charge in [-0.15, -0.1) is 0 Å². The Labute approximate surface area is 290 Å². The molecule has 3 aliphatic rings. The van der Waals surface area contributed by atoms with Crippen molar-refractivity contribution in [1.82, 2.24) is 30.9 Å². The molecule has 7 nitrogen and oxygen atoms in total. The van der Waals surface area contributed by atoms with Crippen molar-refractivity contribution in [3.05, 3.63) is 197 Å². The van der Waals surface area contributed by atoms with Crippen LogP contribution in [-0.4, -0.2) is 26.8 Å². The maximum atomic E-state index is 5.04. The van der Waals surface area contributed by atoms with Crippen molar-refractivity contribution in [2.45, 2.75) is 18.4 Å². The molecule has 9 rings (SSSR count). The third-order valence-electron chi connectivity index (χ3n) is 9.32. The van der Waals surface area contributed by atoms with E-state index in [1.807, 2.05) is 36.4 Å². The molecule has 0 fully saturated rings. The zero-order chi connectivity index (χ0) is 33.3. The number of benzene rings is 4. The van der Waals surface area contributed by atoms with Crippen molar-refractivity contribution in [2.24, 2.45) is 4.99 Å². The second-order valence-electron chi connectivity index (χ2n) is 12.5. The third kappa shape index (κ3) is 5.91. The molecule has 2 aliphatic heterocycles. The van der Waals surface area contributed by atoms with Crippen molar-refractivity contribution >= 4 is 28.0 Å². The lowest BCUT2D eigenvalue weighted by Crippen LogP contribution is -2.44. The van der Waals surface area contributed by atoms with Crippen molar-refractivity contribution < 1.29 is 0 Å². The molecule has 2 aromatic heterocycles. The van der Waals surface area contributed by atoms with Crippen LogP contribution in [0.5, 0.6) is 0 Å². The number of dihydropyridines is 1. The van der Waals surface area contributed by atoms with E-state index in [4.69, 9.17) is 9.98 Å². The number of nitrogens with one attached hydrogen (secondary N) is 3. The first kappa shape index (κ1) is 29.7. The van der Waals surface area contributed by atoms with E-state index in [2.05, 4.69) is 141 Å². The van der Waals surface area contributed by atoms with Crippen LogP contribution in [0.25, 0.3) is 33.7 Å². The van der Waals surface area contributed by atoms with Gasteiger partial charge in [0.25, 0.3) is 0 Å². The minimum absolute atomic E-state index is 0.0559. The highest BCUT2D eigenvalue weighted by Gasteiger charge is 2.26. The Balaban J connectivity index is 0.944. The Morgan fingerprint density at radius 2 is 1.36 bits per heavy atom. The molecule has 4 heterocycles. The quantitative estimate of drug-likeness (QED) is 0.170. The fourth-order valence-corrected chi connectivity index (χ4v) is 6.66. The minimum Gasteiger partial charge on any atom is -0.374 e. The molecule has 0 radical (unpaired) electrons. The van der Waals surface area contributed by atoms with E-state index >= 15 is 0 Å². The molecule has 3 N–H and O–H groups in total. The van der Waals surface area contributed by atoms with Crippen molar-refractivity contribution in [3.63, 3.8) is 0 Å². The van der Waals surface area contributed by atoms with Crippen LogP contribution in [0.4, 0.5) is 0 Å². The van der Waals surface area contributed by atoms with Gasteiger partial charge in [-0.25, -0.2) is 19.9 Å². The van der Waals surface area contributed by atoms with E-state index in [0.717, 1.165) is 50.4 Å². The molecule has 240 valence electrons. The highest BCUT2D eigenvalue weighted by atomic mass is 15.3. The molecule has 1 aliphatic carbocycles. The maximum absolute atomic E-state index is 5.04. The molecule has 3 atom stereocenters. The first-order valence-electron chi connectivity index (χ1n) is 16.8. The largest absolute Gasteiger partial charge is 0.374 e. The number of hydrogen-bond donors (Lipinski definition) is 3. The molecular formula is C43H33N7. The topological polar surface area (TPSA) is 87.1 Å². The van der Waals surface area contributed by atoms with Crippen LogP contribution in [0.1, 0.15) is 40.1 Å². The molecule has 4 aromatic carbocycles. The molecule has 7 heteroatoms. The molecule has 0 saturated carbocycles. The molecule has 0 amide bonds. The Morgan fingerprint density at radius 3 is 2.18 bits per heavy atom. The highest BCUT2D eigenvalue weighted by molar-refractivity contribution is 5.99. The number of nitrogens with zero attached hydrogens (tertiary/aromatic N) is 4. The van der Waals surface area contributed by atoms with Gasteiger partial charge < -0.3 is 10.6 Å². The summed E-state index contributed by atoms with van der Waals surface area (Å²) in [5.41, 5.74) is 10.7. The number of rotatable bonds is 6. The predicted octanol–water partition coefficient (Wildman–Crippen LogP) is 7.92. The van der Waals surface area contributed by atoms with Crippen LogP contribution in [0.2, 0.25) is 0 Å². The van der Waals surface area contributed by atoms with E-state index in [0.29, 0.717) is 5.82 Å². The van der Waals surface area contributed by atoms with Gasteiger partial charge in [0, 0.05) is 29.0 Å². The van der Waals surface area contributed by atoms with Crippen LogP contribution in [0.15, 0.2) is 175 Å². The van der Waals surface area contributed by atoms with Gasteiger partial charge in [-0.1, -0.05) is 127 Å². The van der Waals surface area contributed by atoms with Gasteiger partial charge in [0.2, 0.25) is 0 Å². The van der Waals surface area contributed by atoms with E-state index in [1.54, 1.807) is 12.4 Å². The molecule has 0 bridgehead atoms. The smallest absolute Gasteiger partial charge is 0.178 e. The molecular weight excluding hydrogens is 615 g/mol. The van der Waals surface area contributed by atoms with Gasteiger partial charge in [-0.3, -0.25) is 5.32 Å². The number of allylic oxidation sites excluding steroid dienone is 4. The summed E-state index contributed by atoms with van der Waals surface area (Å²) in [6.45, 7) is 0. The number of fused-ring (bicyclic) bond motifs is 2. The lowest BCUT2D eigenvalue weighted by molar-refractivity contribution is 0.409. The van der Waals surface area contributed by atoms with Gasteiger partial charge in [-0.05, 0) is 57.7 Å². The molecule has 0 saturated heterocycles. The van der Waals surface area contributed by atoms with Crippen LogP contribution >= 0.6 is 0 Å². The number of hydrogen-bond acceptors (Lipinski definition) is 7. The summed E-state index contributed by atoms with van der Waals surface area (Å²) in [6.07, 6.45) is 14.3. The summed E-state index contributed by atoms with van der Waals surface area (Å²) in [7, 11) is 0. The fraction of sp³-hybridized carbons (Fsp3) is 0.0698. The summed E-state index contributed by atoms with van der Waals surface area (Å²) in [5, 5.41) is 12.2. The Bertz CT molecular complexity index is 2340. The second-order valence-corrected chi connectivity index (χ2v) is 12.5. The fourth-order valence-electron chi connectivity index (χ4n) is 6.66. The Kier molecular flexibility index (Phi) is 7.64. The average Bonchev–Trinajstić information content (AvgIpc) is 3.21. The lowest BCUT2D eigenvalue weighted by atomic mass is 9.90. The molecule has 50 heavy (non-hydrogen) atoms.